The van der Waals surface area contributed by atoms with Gasteiger partial charge in [-0.1, -0.05) is 17.7 Å². The van der Waals surface area contributed by atoms with Crippen molar-refractivity contribution in [2.45, 2.75) is 33.7 Å². The molecule has 3 heteroatoms. The van der Waals surface area contributed by atoms with E-state index in [9.17, 15) is 0 Å². The van der Waals surface area contributed by atoms with E-state index in [1.165, 1.54) is 48.4 Å². The maximum atomic E-state index is 5.58. The number of hydrogen-bond acceptors (Lipinski definition) is 3. The molecule has 1 aromatic rings. The van der Waals surface area contributed by atoms with Crippen molar-refractivity contribution in [1.29, 1.82) is 0 Å². The number of nitrogens with two attached hydrogens (primary N) is 1. The summed E-state index contributed by atoms with van der Waals surface area (Å²) in [4.78, 5) is 5.13. The molecule has 0 spiro atoms. The van der Waals surface area contributed by atoms with Crippen LogP contribution >= 0.6 is 0 Å². The summed E-state index contributed by atoms with van der Waals surface area (Å²) in [6, 6.07) is 4.61. The molecule has 0 aromatic heterocycles. The van der Waals surface area contributed by atoms with Crippen LogP contribution in [0, 0.1) is 20.8 Å². The summed E-state index contributed by atoms with van der Waals surface area (Å²) >= 11 is 0. The molecule has 1 saturated heterocycles. The molecule has 1 aromatic carbocycles. The highest BCUT2D eigenvalue weighted by Gasteiger charge is 2.17. The minimum Gasteiger partial charge on any atom is -0.330 e. The standard InChI is InChI=1S/C17H29N3/c1-14-11-15(2)17(16(3)12-14)13-20-9-7-19(8-10-20)6-4-5-18/h11-12H,4-10,13,18H2,1-3H3. The first kappa shape index (κ1) is 15.5. The van der Waals surface area contributed by atoms with E-state index in [0.717, 1.165) is 26.1 Å². The molecule has 0 saturated carbocycles. The minimum absolute atomic E-state index is 0.808. The first-order valence-corrected chi connectivity index (χ1v) is 7.81. The van der Waals surface area contributed by atoms with E-state index >= 15 is 0 Å². The van der Waals surface area contributed by atoms with Crippen molar-refractivity contribution in [3.05, 3.63) is 34.4 Å². The van der Waals surface area contributed by atoms with Gasteiger partial charge in [0, 0.05) is 32.7 Å². The van der Waals surface area contributed by atoms with E-state index in [0.29, 0.717) is 0 Å². The van der Waals surface area contributed by atoms with Gasteiger partial charge in [-0.2, -0.15) is 0 Å². The van der Waals surface area contributed by atoms with Crippen LogP contribution in [0.3, 0.4) is 0 Å². The maximum Gasteiger partial charge on any atom is 0.0240 e. The van der Waals surface area contributed by atoms with E-state index in [1.54, 1.807) is 0 Å². The smallest absolute Gasteiger partial charge is 0.0240 e. The molecule has 0 atom stereocenters. The molecule has 0 radical (unpaired) electrons. The Hall–Kier alpha value is -0.900. The fourth-order valence-corrected chi connectivity index (χ4v) is 3.17. The summed E-state index contributed by atoms with van der Waals surface area (Å²) in [6.07, 6.45) is 1.12. The fourth-order valence-electron chi connectivity index (χ4n) is 3.17. The summed E-state index contributed by atoms with van der Waals surface area (Å²) in [7, 11) is 0. The Labute approximate surface area is 123 Å². The van der Waals surface area contributed by atoms with Crippen LogP contribution in [0.1, 0.15) is 28.7 Å². The van der Waals surface area contributed by atoms with Crippen molar-refractivity contribution in [1.82, 2.24) is 9.80 Å². The van der Waals surface area contributed by atoms with E-state index in [2.05, 4.69) is 42.7 Å². The van der Waals surface area contributed by atoms with E-state index < -0.39 is 0 Å². The quantitative estimate of drug-likeness (QED) is 0.893. The number of piperazine rings is 1. The highest BCUT2D eigenvalue weighted by atomic mass is 15.3. The molecule has 0 unspecified atom stereocenters. The summed E-state index contributed by atoms with van der Waals surface area (Å²) in [6.45, 7) is 14.5. The lowest BCUT2D eigenvalue weighted by Crippen LogP contribution is -2.46. The molecule has 3 nitrogen and oxygen atoms in total. The molecule has 112 valence electrons. The largest absolute Gasteiger partial charge is 0.330 e. The average Bonchev–Trinajstić information content (AvgIpc) is 2.42. The van der Waals surface area contributed by atoms with Gasteiger partial charge in [0.1, 0.15) is 0 Å². The topological polar surface area (TPSA) is 32.5 Å². The Morgan fingerprint density at radius 2 is 1.50 bits per heavy atom. The second kappa shape index (κ2) is 7.21. The molecule has 1 aliphatic rings. The maximum absolute atomic E-state index is 5.58. The van der Waals surface area contributed by atoms with Crippen molar-refractivity contribution < 1.29 is 0 Å². The number of nitrogens with zero attached hydrogens (tertiary/aromatic N) is 2. The zero-order valence-electron chi connectivity index (χ0n) is 13.3. The van der Waals surface area contributed by atoms with Crippen molar-refractivity contribution in [3.8, 4) is 0 Å². The monoisotopic (exact) mass is 275 g/mol. The van der Waals surface area contributed by atoms with Gasteiger partial charge in [-0.25, -0.2) is 0 Å². The number of rotatable bonds is 5. The van der Waals surface area contributed by atoms with Crippen molar-refractivity contribution in [3.63, 3.8) is 0 Å². The van der Waals surface area contributed by atoms with E-state index in [1.807, 2.05) is 0 Å². The average molecular weight is 275 g/mol. The Morgan fingerprint density at radius 1 is 0.950 bits per heavy atom. The molecule has 1 fully saturated rings. The molecule has 1 heterocycles. The van der Waals surface area contributed by atoms with Gasteiger partial charge in [0.05, 0.1) is 0 Å². The third kappa shape index (κ3) is 4.05. The van der Waals surface area contributed by atoms with Crippen LogP contribution in [0.15, 0.2) is 12.1 Å². The zero-order chi connectivity index (χ0) is 14.5. The summed E-state index contributed by atoms with van der Waals surface area (Å²) in [5.41, 5.74) is 11.3. The minimum atomic E-state index is 0.808. The highest BCUT2D eigenvalue weighted by Crippen LogP contribution is 2.19. The van der Waals surface area contributed by atoms with Gasteiger partial charge in [0.25, 0.3) is 0 Å². The van der Waals surface area contributed by atoms with Crippen LogP contribution in [0.5, 0.6) is 0 Å². The second-order valence-corrected chi connectivity index (χ2v) is 6.14. The first-order chi connectivity index (χ1) is 9.60. The lowest BCUT2D eigenvalue weighted by molar-refractivity contribution is 0.126. The summed E-state index contributed by atoms with van der Waals surface area (Å²) < 4.78 is 0. The fraction of sp³-hybridized carbons (Fsp3) is 0.647. The Morgan fingerprint density at radius 3 is 2.05 bits per heavy atom. The van der Waals surface area contributed by atoms with Gasteiger partial charge in [-0.05, 0) is 57.0 Å². The SMILES string of the molecule is Cc1cc(C)c(CN2CCN(CCCN)CC2)c(C)c1. The predicted octanol–water partition coefficient (Wildman–Crippen LogP) is 2.08. The van der Waals surface area contributed by atoms with E-state index in [-0.39, 0.29) is 0 Å². The Balaban J connectivity index is 1.90. The van der Waals surface area contributed by atoms with Gasteiger partial charge < -0.3 is 10.6 Å². The van der Waals surface area contributed by atoms with Crippen LogP contribution < -0.4 is 5.73 Å². The molecule has 1 aliphatic heterocycles. The van der Waals surface area contributed by atoms with E-state index in [4.69, 9.17) is 5.73 Å². The Bertz CT molecular complexity index is 411. The lowest BCUT2D eigenvalue weighted by Gasteiger charge is -2.35. The van der Waals surface area contributed by atoms with Gasteiger partial charge in [-0.15, -0.1) is 0 Å². The van der Waals surface area contributed by atoms with Gasteiger partial charge in [0.15, 0.2) is 0 Å². The van der Waals surface area contributed by atoms with Crippen LogP contribution in [0.2, 0.25) is 0 Å². The normalized spacial score (nSPS) is 17.6. The molecule has 20 heavy (non-hydrogen) atoms. The first-order valence-electron chi connectivity index (χ1n) is 7.81. The zero-order valence-corrected chi connectivity index (χ0v) is 13.3. The molecule has 2 rings (SSSR count). The van der Waals surface area contributed by atoms with Gasteiger partial charge in [-0.3, -0.25) is 4.90 Å². The van der Waals surface area contributed by atoms with Crippen molar-refractivity contribution >= 4 is 0 Å². The molecular weight excluding hydrogens is 246 g/mol. The third-order valence-corrected chi connectivity index (χ3v) is 4.37. The molecule has 2 N–H and O–H groups in total. The number of benzene rings is 1. The molecule has 0 bridgehead atoms. The van der Waals surface area contributed by atoms with Gasteiger partial charge in [0.2, 0.25) is 0 Å². The Kier molecular flexibility index (Phi) is 5.58. The molecule has 0 amide bonds. The van der Waals surface area contributed by atoms with Crippen LogP contribution in [0.25, 0.3) is 0 Å². The number of aryl methyl sites for hydroxylation is 3. The van der Waals surface area contributed by atoms with Crippen LogP contribution in [-0.2, 0) is 6.54 Å². The van der Waals surface area contributed by atoms with Crippen molar-refractivity contribution in [2.24, 2.45) is 5.73 Å². The second-order valence-electron chi connectivity index (χ2n) is 6.14. The summed E-state index contributed by atoms with van der Waals surface area (Å²) in [5.74, 6) is 0. The van der Waals surface area contributed by atoms with Crippen LogP contribution in [0.4, 0.5) is 0 Å². The highest BCUT2D eigenvalue weighted by molar-refractivity contribution is 5.37. The summed E-state index contributed by atoms with van der Waals surface area (Å²) in [5, 5.41) is 0. The number of hydrogen-bond donors (Lipinski definition) is 1. The molecule has 0 aliphatic carbocycles. The predicted molar refractivity (Wildman–Crippen MR) is 86.0 cm³/mol. The van der Waals surface area contributed by atoms with Crippen LogP contribution in [-0.4, -0.2) is 49.1 Å². The lowest BCUT2D eigenvalue weighted by atomic mass is 9.99. The van der Waals surface area contributed by atoms with Gasteiger partial charge >= 0.3 is 0 Å². The molecular formula is C17H29N3. The van der Waals surface area contributed by atoms with Crippen molar-refractivity contribution in [2.75, 3.05) is 39.3 Å². The third-order valence-electron chi connectivity index (χ3n) is 4.37.